The van der Waals surface area contributed by atoms with Gasteiger partial charge < -0.3 is 10.1 Å². The summed E-state index contributed by atoms with van der Waals surface area (Å²) in [6.07, 6.45) is 1.83. The van der Waals surface area contributed by atoms with Crippen molar-refractivity contribution in [3.8, 4) is 16.9 Å². The van der Waals surface area contributed by atoms with Gasteiger partial charge in [-0.1, -0.05) is 6.07 Å². The number of benzene rings is 1. The number of halogens is 1. The Hall–Kier alpha value is -1.33. The number of rotatable bonds is 4. The van der Waals surface area contributed by atoms with Crippen LogP contribution in [-0.2, 0) is 6.54 Å². The van der Waals surface area contributed by atoms with Gasteiger partial charge in [-0.2, -0.15) is 5.10 Å². The summed E-state index contributed by atoms with van der Waals surface area (Å²) in [5.74, 6) is 0.826. The Balaban J connectivity index is 2.39. The SMILES string of the molecule is CNCc1[nH]ncc1-c1ccc(OC)c(Br)c1. The second kappa shape index (κ2) is 5.33. The minimum atomic E-state index is 0.763. The molecule has 0 spiro atoms. The standard InChI is InChI=1S/C12H14BrN3O/c1-14-7-11-9(6-15-16-11)8-3-4-12(17-2)10(13)5-8/h3-6,14H,7H2,1-2H3,(H,15,16). The van der Waals surface area contributed by atoms with Crippen molar-refractivity contribution < 1.29 is 4.74 Å². The number of aromatic amines is 1. The number of H-pyrrole nitrogens is 1. The van der Waals surface area contributed by atoms with Gasteiger partial charge in [0.2, 0.25) is 0 Å². The van der Waals surface area contributed by atoms with Gasteiger partial charge in [-0.25, -0.2) is 0 Å². The molecule has 0 saturated carbocycles. The Morgan fingerprint density at radius 1 is 1.47 bits per heavy atom. The third-order valence-corrected chi connectivity index (χ3v) is 3.15. The van der Waals surface area contributed by atoms with Crippen molar-refractivity contribution in [2.45, 2.75) is 6.54 Å². The lowest BCUT2D eigenvalue weighted by Gasteiger charge is -2.06. The second-order valence-corrected chi connectivity index (χ2v) is 4.50. The highest BCUT2D eigenvalue weighted by molar-refractivity contribution is 9.10. The van der Waals surface area contributed by atoms with E-state index >= 15 is 0 Å². The highest BCUT2D eigenvalue weighted by atomic mass is 79.9. The highest BCUT2D eigenvalue weighted by Crippen LogP contribution is 2.31. The quantitative estimate of drug-likeness (QED) is 0.911. The molecular formula is C12H14BrN3O. The third-order valence-electron chi connectivity index (χ3n) is 2.53. The number of hydrogen-bond acceptors (Lipinski definition) is 3. The van der Waals surface area contributed by atoms with E-state index in [1.54, 1.807) is 7.11 Å². The van der Waals surface area contributed by atoms with E-state index in [1.807, 2.05) is 31.4 Å². The van der Waals surface area contributed by atoms with E-state index in [0.717, 1.165) is 33.6 Å². The Bertz CT molecular complexity index is 510. The van der Waals surface area contributed by atoms with Gasteiger partial charge in [0.1, 0.15) is 5.75 Å². The van der Waals surface area contributed by atoms with Gasteiger partial charge in [0.05, 0.1) is 23.5 Å². The van der Waals surface area contributed by atoms with Crippen LogP contribution >= 0.6 is 15.9 Å². The molecule has 0 atom stereocenters. The molecule has 0 aliphatic heterocycles. The van der Waals surface area contributed by atoms with Gasteiger partial charge in [0.15, 0.2) is 0 Å². The molecule has 2 N–H and O–H groups in total. The number of aromatic nitrogens is 2. The van der Waals surface area contributed by atoms with Crippen molar-refractivity contribution in [2.24, 2.45) is 0 Å². The van der Waals surface area contributed by atoms with Crippen molar-refractivity contribution in [1.29, 1.82) is 0 Å². The van der Waals surface area contributed by atoms with Crippen molar-refractivity contribution in [3.05, 3.63) is 34.6 Å². The van der Waals surface area contributed by atoms with Crippen molar-refractivity contribution >= 4 is 15.9 Å². The summed E-state index contributed by atoms with van der Waals surface area (Å²) in [4.78, 5) is 0. The Labute approximate surface area is 109 Å². The second-order valence-electron chi connectivity index (χ2n) is 3.64. The van der Waals surface area contributed by atoms with Crippen LogP contribution < -0.4 is 10.1 Å². The molecule has 17 heavy (non-hydrogen) atoms. The van der Waals surface area contributed by atoms with Gasteiger partial charge in [-0.3, -0.25) is 5.10 Å². The highest BCUT2D eigenvalue weighted by Gasteiger charge is 2.09. The zero-order chi connectivity index (χ0) is 12.3. The van der Waals surface area contributed by atoms with Crippen LogP contribution in [0.2, 0.25) is 0 Å². The first-order valence-corrected chi connectivity index (χ1v) is 6.06. The number of nitrogens with one attached hydrogen (secondary N) is 2. The molecule has 0 fully saturated rings. The van der Waals surface area contributed by atoms with Crippen LogP contribution in [0.4, 0.5) is 0 Å². The fraction of sp³-hybridized carbons (Fsp3) is 0.250. The molecule has 1 aromatic carbocycles. The molecule has 0 amide bonds. The summed E-state index contributed by atoms with van der Waals surface area (Å²) in [6.45, 7) is 0.763. The van der Waals surface area contributed by atoms with Crippen LogP contribution in [-0.4, -0.2) is 24.4 Å². The molecule has 0 radical (unpaired) electrons. The first kappa shape index (κ1) is 12.1. The summed E-state index contributed by atoms with van der Waals surface area (Å²) in [5, 5.41) is 10.2. The van der Waals surface area contributed by atoms with Crippen LogP contribution in [0.1, 0.15) is 5.69 Å². The summed E-state index contributed by atoms with van der Waals surface area (Å²) < 4.78 is 6.15. The zero-order valence-electron chi connectivity index (χ0n) is 9.75. The van der Waals surface area contributed by atoms with Gasteiger partial charge in [-0.15, -0.1) is 0 Å². The average molecular weight is 296 g/mol. The van der Waals surface area contributed by atoms with Gasteiger partial charge in [0, 0.05) is 12.1 Å². The van der Waals surface area contributed by atoms with E-state index in [9.17, 15) is 0 Å². The van der Waals surface area contributed by atoms with Gasteiger partial charge in [0.25, 0.3) is 0 Å². The Kier molecular flexibility index (Phi) is 3.81. The fourth-order valence-corrected chi connectivity index (χ4v) is 2.25. The summed E-state index contributed by atoms with van der Waals surface area (Å²) >= 11 is 3.49. The first-order chi connectivity index (χ1) is 8.26. The minimum absolute atomic E-state index is 0.763. The third kappa shape index (κ3) is 2.50. The van der Waals surface area contributed by atoms with Crippen molar-refractivity contribution in [3.63, 3.8) is 0 Å². The molecule has 0 aliphatic carbocycles. The molecule has 90 valence electrons. The summed E-state index contributed by atoms with van der Waals surface area (Å²) in [7, 11) is 3.57. The molecule has 1 heterocycles. The molecule has 5 heteroatoms. The van der Waals surface area contributed by atoms with E-state index in [-0.39, 0.29) is 0 Å². The molecular weight excluding hydrogens is 282 g/mol. The number of ether oxygens (including phenoxy) is 1. The van der Waals surface area contributed by atoms with E-state index in [1.165, 1.54) is 0 Å². The van der Waals surface area contributed by atoms with Crippen molar-refractivity contribution in [1.82, 2.24) is 15.5 Å². The number of methoxy groups -OCH3 is 1. The largest absolute Gasteiger partial charge is 0.496 e. The van der Waals surface area contributed by atoms with Crippen LogP contribution in [0.5, 0.6) is 5.75 Å². The molecule has 0 saturated heterocycles. The van der Waals surface area contributed by atoms with Crippen LogP contribution in [0, 0.1) is 0 Å². The Morgan fingerprint density at radius 2 is 2.29 bits per heavy atom. The number of hydrogen-bond donors (Lipinski definition) is 2. The predicted octanol–water partition coefficient (Wildman–Crippen LogP) is 2.57. The van der Waals surface area contributed by atoms with Gasteiger partial charge >= 0.3 is 0 Å². The average Bonchev–Trinajstić information content (AvgIpc) is 2.78. The maximum absolute atomic E-state index is 5.21. The monoisotopic (exact) mass is 295 g/mol. The lowest BCUT2D eigenvalue weighted by molar-refractivity contribution is 0.412. The molecule has 0 aliphatic rings. The first-order valence-electron chi connectivity index (χ1n) is 5.27. The zero-order valence-corrected chi connectivity index (χ0v) is 11.3. The van der Waals surface area contributed by atoms with E-state index in [0.29, 0.717) is 0 Å². The number of nitrogens with zero attached hydrogens (tertiary/aromatic N) is 1. The normalized spacial score (nSPS) is 10.5. The van der Waals surface area contributed by atoms with Gasteiger partial charge in [-0.05, 0) is 40.7 Å². The van der Waals surface area contributed by atoms with Crippen LogP contribution in [0.3, 0.4) is 0 Å². The van der Waals surface area contributed by atoms with Crippen LogP contribution in [0.25, 0.3) is 11.1 Å². The Morgan fingerprint density at radius 3 is 2.94 bits per heavy atom. The fourth-order valence-electron chi connectivity index (χ4n) is 1.71. The maximum atomic E-state index is 5.21. The molecule has 0 unspecified atom stereocenters. The molecule has 0 bridgehead atoms. The molecule has 2 aromatic rings. The molecule has 2 rings (SSSR count). The maximum Gasteiger partial charge on any atom is 0.133 e. The molecule has 4 nitrogen and oxygen atoms in total. The predicted molar refractivity (Wildman–Crippen MR) is 71.0 cm³/mol. The lowest BCUT2D eigenvalue weighted by atomic mass is 10.1. The lowest BCUT2D eigenvalue weighted by Crippen LogP contribution is -2.06. The topological polar surface area (TPSA) is 49.9 Å². The minimum Gasteiger partial charge on any atom is -0.496 e. The summed E-state index contributed by atoms with van der Waals surface area (Å²) in [5.41, 5.74) is 3.28. The van der Waals surface area contributed by atoms with E-state index < -0.39 is 0 Å². The summed E-state index contributed by atoms with van der Waals surface area (Å²) in [6, 6.07) is 5.99. The molecule has 1 aromatic heterocycles. The van der Waals surface area contributed by atoms with E-state index in [2.05, 4.69) is 31.4 Å². The van der Waals surface area contributed by atoms with E-state index in [4.69, 9.17) is 4.74 Å². The smallest absolute Gasteiger partial charge is 0.133 e. The van der Waals surface area contributed by atoms with Crippen molar-refractivity contribution in [2.75, 3.05) is 14.2 Å². The van der Waals surface area contributed by atoms with Crippen LogP contribution in [0.15, 0.2) is 28.9 Å².